The van der Waals surface area contributed by atoms with Crippen molar-refractivity contribution in [1.82, 2.24) is 4.57 Å². The molecule has 3 nitrogen and oxygen atoms in total. The lowest BCUT2D eigenvalue weighted by molar-refractivity contribution is 0.670. The molecule has 326 valence electrons. The maximum atomic E-state index is 6.56. The van der Waals surface area contributed by atoms with Gasteiger partial charge in [-0.1, -0.05) is 200 Å². The van der Waals surface area contributed by atoms with Gasteiger partial charge in [-0.05, 0) is 110 Å². The largest absolute Gasteiger partial charge is 0.455 e. The minimum absolute atomic E-state index is 0.591. The van der Waals surface area contributed by atoms with Gasteiger partial charge in [0.1, 0.15) is 11.2 Å². The Kier molecular flexibility index (Phi) is 8.28. The summed E-state index contributed by atoms with van der Waals surface area (Å²) in [5.41, 5.74) is 22.7. The van der Waals surface area contributed by atoms with Gasteiger partial charge < -0.3 is 13.9 Å². The zero-order valence-electron chi connectivity index (χ0n) is 38.1. The zero-order valence-corrected chi connectivity index (χ0v) is 38.1. The van der Waals surface area contributed by atoms with E-state index in [1.807, 2.05) is 6.07 Å². The number of rotatable bonds is 6. The molecule has 11 aromatic carbocycles. The molecule has 0 N–H and O–H groups in total. The fraction of sp³-hybridized carbons (Fsp3) is 0.0149. The maximum absolute atomic E-state index is 6.56. The van der Waals surface area contributed by atoms with E-state index in [0.717, 1.165) is 61.3 Å². The number of anilines is 3. The van der Waals surface area contributed by atoms with Gasteiger partial charge in [0.05, 0.1) is 27.8 Å². The molecule has 0 saturated carbocycles. The molecule has 0 radical (unpaired) electrons. The Labute approximate surface area is 405 Å². The van der Waals surface area contributed by atoms with Crippen LogP contribution in [0.5, 0.6) is 0 Å². The normalized spacial score (nSPS) is 13.0. The van der Waals surface area contributed by atoms with Gasteiger partial charge in [-0.15, -0.1) is 0 Å². The first-order valence-electron chi connectivity index (χ1n) is 24.2. The molecule has 0 fully saturated rings. The van der Waals surface area contributed by atoms with Gasteiger partial charge in [0.15, 0.2) is 0 Å². The molecule has 1 aliphatic carbocycles. The summed E-state index contributed by atoms with van der Waals surface area (Å²) in [6.45, 7) is 0. The van der Waals surface area contributed by atoms with E-state index in [1.54, 1.807) is 0 Å². The maximum Gasteiger partial charge on any atom is 0.143 e. The molecular formula is C67H42N2O. The molecular weight excluding hydrogens is 849 g/mol. The van der Waals surface area contributed by atoms with Crippen molar-refractivity contribution in [2.75, 3.05) is 4.90 Å². The van der Waals surface area contributed by atoms with E-state index in [4.69, 9.17) is 4.42 Å². The van der Waals surface area contributed by atoms with Gasteiger partial charge in [0.25, 0.3) is 0 Å². The van der Waals surface area contributed by atoms with Crippen LogP contribution >= 0.6 is 0 Å². The highest BCUT2D eigenvalue weighted by Gasteiger charge is 2.51. The summed E-state index contributed by atoms with van der Waals surface area (Å²) in [6.07, 6.45) is 0. The number of furan rings is 1. The molecule has 0 unspecified atom stereocenters. The van der Waals surface area contributed by atoms with Crippen LogP contribution in [-0.2, 0) is 5.41 Å². The monoisotopic (exact) mass is 890 g/mol. The molecule has 1 aliphatic heterocycles. The van der Waals surface area contributed by atoms with Crippen LogP contribution in [0.4, 0.5) is 17.1 Å². The van der Waals surface area contributed by atoms with Crippen LogP contribution in [0.25, 0.3) is 93.9 Å². The van der Waals surface area contributed by atoms with E-state index >= 15 is 0 Å². The van der Waals surface area contributed by atoms with Crippen LogP contribution in [-0.4, -0.2) is 4.57 Å². The van der Waals surface area contributed by atoms with Crippen molar-refractivity contribution in [3.63, 3.8) is 0 Å². The van der Waals surface area contributed by atoms with Gasteiger partial charge in [-0.2, -0.15) is 0 Å². The average molecular weight is 891 g/mol. The van der Waals surface area contributed by atoms with E-state index in [9.17, 15) is 0 Å². The first kappa shape index (κ1) is 38.9. The third-order valence-electron chi connectivity index (χ3n) is 15.2. The summed E-state index contributed by atoms with van der Waals surface area (Å²) >= 11 is 0. The summed E-state index contributed by atoms with van der Waals surface area (Å²) in [6, 6.07) is 93.7. The minimum atomic E-state index is -0.591. The third kappa shape index (κ3) is 5.40. The molecule has 13 aromatic rings. The third-order valence-corrected chi connectivity index (χ3v) is 15.2. The number of hydrogen-bond acceptors (Lipinski definition) is 2. The number of nitrogens with zero attached hydrogens (tertiary/aromatic N) is 2. The van der Waals surface area contributed by atoms with Crippen molar-refractivity contribution in [2.45, 2.75) is 5.41 Å². The van der Waals surface area contributed by atoms with Crippen molar-refractivity contribution < 1.29 is 4.42 Å². The first-order chi connectivity index (χ1) is 34.7. The highest BCUT2D eigenvalue weighted by Crippen LogP contribution is 2.61. The molecule has 3 heteroatoms. The van der Waals surface area contributed by atoms with Crippen molar-refractivity contribution in [1.29, 1.82) is 0 Å². The fourth-order valence-corrected chi connectivity index (χ4v) is 12.3. The minimum Gasteiger partial charge on any atom is -0.455 e. The predicted molar refractivity (Wildman–Crippen MR) is 290 cm³/mol. The van der Waals surface area contributed by atoms with Gasteiger partial charge in [-0.25, -0.2) is 0 Å². The van der Waals surface area contributed by atoms with Crippen LogP contribution < -0.4 is 4.90 Å². The summed E-state index contributed by atoms with van der Waals surface area (Å²) in [4.78, 5) is 2.47. The highest BCUT2D eigenvalue weighted by molar-refractivity contribution is 6.13. The predicted octanol–water partition coefficient (Wildman–Crippen LogP) is 17.8. The summed E-state index contributed by atoms with van der Waals surface area (Å²) < 4.78 is 9.10. The lowest BCUT2D eigenvalue weighted by Gasteiger charge is -2.40. The van der Waals surface area contributed by atoms with Crippen molar-refractivity contribution >= 4 is 60.8 Å². The van der Waals surface area contributed by atoms with E-state index < -0.39 is 5.41 Å². The number of fused-ring (bicyclic) bond motifs is 15. The molecule has 15 rings (SSSR count). The van der Waals surface area contributed by atoms with Crippen LogP contribution in [0.2, 0.25) is 0 Å². The molecule has 0 saturated heterocycles. The summed E-state index contributed by atoms with van der Waals surface area (Å²) in [7, 11) is 0. The topological polar surface area (TPSA) is 21.3 Å². The van der Waals surface area contributed by atoms with Crippen LogP contribution in [0, 0.1) is 0 Å². The molecule has 3 heterocycles. The number of benzene rings is 11. The number of aromatic nitrogens is 1. The Bertz CT molecular complexity index is 4200. The Balaban J connectivity index is 0.997. The van der Waals surface area contributed by atoms with Crippen LogP contribution in [0.15, 0.2) is 259 Å². The molecule has 2 aliphatic rings. The average Bonchev–Trinajstić information content (AvgIpc) is 4.09. The smallest absolute Gasteiger partial charge is 0.143 e. The van der Waals surface area contributed by atoms with E-state index in [1.165, 1.54) is 72.0 Å². The van der Waals surface area contributed by atoms with Gasteiger partial charge in [0, 0.05) is 44.0 Å². The first-order valence-corrected chi connectivity index (χ1v) is 24.2. The van der Waals surface area contributed by atoms with Crippen molar-refractivity contribution in [2.24, 2.45) is 0 Å². The molecule has 0 bridgehead atoms. The fourth-order valence-electron chi connectivity index (χ4n) is 12.3. The van der Waals surface area contributed by atoms with Crippen molar-refractivity contribution in [3.8, 4) is 50.2 Å². The molecule has 70 heavy (non-hydrogen) atoms. The van der Waals surface area contributed by atoms with Gasteiger partial charge in [-0.3, -0.25) is 0 Å². The standard InChI is InChI=1S/C67H42N2O/c1-2-17-43(18-3-1)45-19-14-20-46(41-45)49-21-6-11-32-61(49)68(47-37-35-44(36-38-47)50-26-15-28-56-54-25-8-13-34-64(54)70-66(50)56)48-39-40-63-60(42-48)67(57-29-9-4-22-51(57)52-23-5-10-30-58(52)67)59-31-16-27-55-53-24-7-12-33-62(53)69(63)65(55)59/h1-42H. The Morgan fingerprint density at radius 1 is 0.343 bits per heavy atom. The Morgan fingerprint density at radius 3 is 1.76 bits per heavy atom. The second-order valence-electron chi connectivity index (χ2n) is 18.7. The zero-order chi connectivity index (χ0) is 45.9. The number of hydrogen-bond donors (Lipinski definition) is 0. The second-order valence-corrected chi connectivity index (χ2v) is 18.7. The Morgan fingerprint density at radius 2 is 0.929 bits per heavy atom. The Hall–Kier alpha value is -9.18. The highest BCUT2D eigenvalue weighted by atomic mass is 16.3. The van der Waals surface area contributed by atoms with Crippen molar-refractivity contribution in [3.05, 3.63) is 277 Å². The lowest BCUT2D eigenvalue weighted by Crippen LogP contribution is -2.33. The SMILES string of the molecule is c1ccc(-c2cccc(-c3ccccc3N(c3ccc(-c4cccc5c4oc4ccccc45)cc3)c3ccc4c(c3)C3(c5ccccc5-c5ccccc53)c3cccc5c6ccccc6n-4c35)c2)cc1. The summed E-state index contributed by atoms with van der Waals surface area (Å²) in [5.74, 6) is 0. The number of para-hydroxylation sites is 5. The second kappa shape index (κ2) is 14.9. The van der Waals surface area contributed by atoms with Crippen LogP contribution in [0.3, 0.4) is 0 Å². The van der Waals surface area contributed by atoms with Crippen LogP contribution in [0.1, 0.15) is 22.3 Å². The van der Waals surface area contributed by atoms with Gasteiger partial charge in [0.2, 0.25) is 0 Å². The van der Waals surface area contributed by atoms with Gasteiger partial charge >= 0.3 is 0 Å². The quantitative estimate of drug-likeness (QED) is 0.166. The molecule has 0 atom stereocenters. The molecule has 2 aromatic heterocycles. The van der Waals surface area contributed by atoms with E-state index in [-0.39, 0.29) is 0 Å². The summed E-state index contributed by atoms with van der Waals surface area (Å²) in [5, 5.41) is 4.79. The molecule has 0 amide bonds. The molecule has 1 spiro atoms. The van der Waals surface area contributed by atoms with E-state index in [2.05, 4.69) is 258 Å². The van der Waals surface area contributed by atoms with E-state index in [0.29, 0.717) is 0 Å². The lowest BCUT2D eigenvalue weighted by atomic mass is 9.65.